The lowest BCUT2D eigenvalue weighted by Gasteiger charge is -2.36. The second-order valence-electron chi connectivity index (χ2n) is 6.29. The number of morpholine rings is 1. The second-order valence-corrected chi connectivity index (χ2v) is 6.29. The van der Waals surface area contributed by atoms with Crippen LogP contribution in [0.15, 0.2) is 18.2 Å². The molecule has 1 fully saturated rings. The van der Waals surface area contributed by atoms with Crippen LogP contribution in [0, 0.1) is 0 Å². The van der Waals surface area contributed by atoms with Gasteiger partial charge in [0.1, 0.15) is 0 Å². The van der Waals surface area contributed by atoms with Gasteiger partial charge in [-0.25, -0.2) is 4.79 Å². The van der Waals surface area contributed by atoms with Crippen molar-refractivity contribution in [1.82, 2.24) is 4.90 Å². The normalized spacial score (nSPS) is 20.9. The molecule has 0 saturated carbocycles. The van der Waals surface area contributed by atoms with E-state index in [1.165, 1.54) is 32.2 Å². The molecule has 9 heteroatoms. The number of esters is 1. The summed E-state index contributed by atoms with van der Waals surface area (Å²) < 4.78 is 44.8. The molecule has 0 aromatic heterocycles. The minimum Gasteiger partial charge on any atom is -0.493 e. The fourth-order valence-electron chi connectivity index (χ4n) is 2.88. The zero-order valence-electron chi connectivity index (χ0n) is 15.6. The molecular weight excluding hydrogens is 364 g/mol. The van der Waals surface area contributed by atoms with Gasteiger partial charge in [0.2, 0.25) is 0 Å². The number of alkyl halides is 2. The quantitative estimate of drug-likeness (QED) is 0.699. The number of halogens is 2. The number of rotatable bonds is 6. The van der Waals surface area contributed by atoms with Crippen LogP contribution in [0.2, 0.25) is 0 Å². The van der Waals surface area contributed by atoms with Crippen molar-refractivity contribution in [2.75, 3.05) is 20.2 Å². The Bertz CT molecular complexity index is 674. The van der Waals surface area contributed by atoms with E-state index in [0.29, 0.717) is 13.1 Å². The van der Waals surface area contributed by atoms with Crippen molar-refractivity contribution in [2.24, 2.45) is 0 Å². The monoisotopic (exact) mass is 387 g/mol. The maximum absolute atomic E-state index is 12.5. The standard InChI is InChI=1S/C18H23F2NO6/c1-10-8-21(9-11(2)25-10)16(22)12(3)26-17(23)13-5-6-14(27-18(19)20)15(7-13)24-4/h5-7,10-12,18H,8-9H2,1-4H3. The van der Waals surface area contributed by atoms with Gasteiger partial charge in [-0.1, -0.05) is 0 Å². The van der Waals surface area contributed by atoms with Crippen LogP contribution in [0.5, 0.6) is 11.5 Å². The summed E-state index contributed by atoms with van der Waals surface area (Å²) in [6, 6.07) is 3.66. The Kier molecular flexibility index (Phi) is 6.95. The number of nitrogens with zero attached hydrogens (tertiary/aromatic N) is 1. The highest BCUT2D eigenvalue weighted by Crippen LogP contribution is 2.29. The van der Waals surface area contributed by atoms with Gasteiger partial charge in [0.15, 0.2) is 17.6 Å². The van der Waals surface area contributed by atoms with Crippen LogP contribution < -0.4 is 9.47 Å². The van der Waals surface area contributed by atoms with Crippen LogP contribution >= 0.6 is 0 Å². The van der Waals surface area contributed by atoms with E-state index in [1.54, 1.807) is 4.90 Å². The van der Waals surface area contributed by atoms with Crippen LogP contribution in [0.4, 0.5) is 8.78 Å². The second kappa shape index (κ2) is 8.98. The highest BCUT2D eigenvalue weighted by Gasteiger charge is 2.30. The first-order valence-electron chi connectivity index (χ1n) is 8.49. The molecule has 1 aromatic rings. The van der Waals surface area contributed by atoms with Crippen LogP contribution in [0.25, 0.3) is 0 Å². The lowest BCUT2D eigenvalue weighted by molar-refractivity contribution is -0.151. The summed E-state index contributed by atoms with van der Waals surface area (Å²) >= 11 is 0. The van der Waals surface area contributed by atoms with Crippen LogP contribution in [-0.4, -0.2) is 61.9 Å². The third-order valence-corrected chi connectivity index (χ3v) is 3.98. The van der Waals surface area contributed by atoms with Crippen molar-refractivity contribution in [3.05, 3.63) is 23.8 Å². The van der Waals surface area contributed by atoms with E-state index in [2.05, 4.69) is 4.74 Å². The van der Waals surface area contributed by atoms with E-state index < -0.39 is 18.7 Å². The molecule has 150 valence electrons. The largest absolute Gasteiger partial charge is 0.493 e. The maximum atomic E-state index is 12.5. The van der Waals surface area contributed by atoms with E-state index in [4.69, 9.17) is 14.2 Å². The van der Waals surface area contributed by atoms with Crippen molar-refractivity contribution in [1.29, 1.82) is 0 Å². The molecule has 1 aromatic carbocycles. The predicted octanol–water partition coefficient (Wildman–Crippen LogP) is 2.48. The van der Waals surface area contributed by atoms with Crippen molar-refractivity contribution >= 4 is 11.9 Å². The first-order chi connectivity index (χ1) is 12.7. The minimum atomic E-state index is -3.02. The summed E-state index contributed by atoms with van der Waals surface area (Å²) in [5.41, 5.74) is 0.0526. The Morgan fingerprint density at radius 1 is 1.19 bits per heavy atom. The molecule has 0 radical (unpaired) electrons. The highest BCUT2D eigenvalue weighted by atomic mass is 19.3. The van der Waals surface area contributed by atoms with Crippen LogP contribution in [0.1, 0.15) is 31.1 Å². The van der Waals surface area contributed by atoms with E-state index in [0.717, 1.165) is 0 Å². The summed E-state index contributed by atoms with van der Waals surface area (Å²) in [7, 11) is 1.26. The van der Waals surface area contributed by atoms with Crippen molar-refractivity contribution < 1.29 is 37.3 Å². The summed E-state index contributed by atoms with van der Waals surface area (Å²) in [5, 5.41) is 0. The van der Waals surface area contributed by atoms with Gasteiger partial charge in [-0.3, -0.25) is 4.79 Å². The molecule has 0 bridgehead atoms. The Morgan fingerprint density at radius 2 is 1.81 bits per heavy atom. The van der Waals surface area contributed by atoms with Gasteiger partial charge in [0.25, 0.3) is 5.91 Å². The van der Waals surface area contributed by atoms with E-state index >= 15 is 0 Å². The molecule has 3 unspecified atom stereocenters. The number of carbonyl (C=O) groups is 2. The summed E-state index contributed by atoms with van der Waals surface area (Å²) in [4.78, 5) is 26.4. The third-order valence-electron chi connectivity index (χ3n) is 3.98. The first kappa shape index (κ1) is 20.9. The van der Waals surface area contributed by atoms with E-state index in [9.17, 15) is 18.4 Å². The Balaban J connectivity index is 2.04. The smallest absolute Gasteiger partial charge is 0.387 e. The summed E-state index contributed by atoms with van der Waals surface area (Å²) in [6.07, 6.45) is -1.21. The van der Waals surface area contributed by atoms with Crippen LogP contribution in [-0.2, 0) is 14.3 Å². The van der Waals surface area contributed by atoms with Gasteiger partial charge in [0, 0.05) is 13.1 Å². The summed E-state index contributed by atoms with van der Waals surface area (Å²) in [5.74, 6) is -1.34. The number of amides is 1. The first-order valence-corrected chi connectivity index (χ1v) is 8.49. The predicted molar refractivity (Wildman–Crippen MR) is 91.1 cm³/mol. The Hall–Kier alpha value is -2.42. The molecule has 0 N–H and O–H groups in total. The lowest BCUT2D eigenvalue weighted by Crippen LogP contribution is -2.51. The van der Waals surface area contributed by atoms with E-state index in [1.807, 2.05) is 13.8 Å². The van der Waals surface area contributed by atoms with Gasteiger partial charge in [-0.05, 0) is 39.0 Å². The SMILES string of the molecule is COc1cc(C(=O)OC(C)C(=O)N2CC(C)OC(C)C2)ccc1OC(F)F. The molecule has 1 saturated heterocycles. The minimum absolute atomic E-state index is 0.0421. The van der Waals surface area contributed by atoms with Crippen molar-refractivity contribution in [3.8, 4) is 11.5 Å². The number of hydrogen-bond donors (Lipinski definition) is 0. The number of ether oxygens (including phenoxy) is 4. The fourth-order valence-corrected chi connectivity index (χ4v) is 2.88. The van der Waals surface area contributed by atoms with Crippen LogP contribution in [0.3, 0.4) is 0 Å². The average Bonchev–Trinajstić information content (AvgIpc) is 2.59. The van der Waals surface area contributed by atoms with Gasteiger partial charge >= 0.3 is 12.6 Å². The molecule has 1 amide bonds. The zero-order chi connectivity index (χ0) is 20.1. The Labute approximate surface area is 156 Å². The highest BCUT2D eigenvalue weighted by molar-refractivity contribution is 5.92. The number of benzene rings is 1. The lowest BCUT2D eigenvalue weighted by atomic mass is 10.2. The third kappa shape index (κ3) is 5.53. The van der Waals surface area contributed by atoms with Gasteiger partial charge < -0.3 is 23.8 Å². The molecule has 0 aliphatic carbocycles. The molecule has 1 aliphatic rings. The molecule has 3 atom stereocenters. The molecule has 0 spiro atoms. The van der Waals surface area contributed by atoms with Gasteiger partial charge in [0.05, 0.1) is 24.9 Å². The number of hydrogen-bond acceptors (Lipinski definition) is 6. The molecule has 1 aliphatic heterocycles. The molecule has 1 heterocycles. The molecule has 7 nitrogen and oxygen atoms in total. The summed E-state index contributed by atoms with van der Waals surface area (Å²) in [6.45, 7) is 3.02. The number of methoxy groups -OCH3 is 1. The van der Waals surface area contributed by atoms with Crippen molar-refractivity contribution in [2.45, 2.75) is 45.7 Å². The molecular formula is C18H23F2NO6. The van der Waals surface area contributed by atoms with E-state index in [-0.39, 0.29) is 35.2 Å². The Morgan fingerprint density at radius 3 is 2.37 bits per heavy atom. The van der Waals surface area contributed by atoms with Gasteiger partial charge in [-0.15, -0.1) is 0 Å². The molecule has 2 rings (SSSR count). The maximum Gasteiger partial charge on any atom is 0.387 e. The van der Waals surface area contributed by atoms with Crippen molar-refractivity contribution in [3.63, 3.8) is 0 Å². The zero-order valence-corrected chi connectivity index (χ0v) is 15.6. The topological polar surface area (TPSA) is 74.3 Å². The number of carbonyl (C=O) groups excluding carboxylic acids is 2. The average molecular weight is 387 g/mol. The molecule has 27 heavy (non-hydrogen) atoms. The van der Waals surface area contributed by atoms with Gasteiger partial charge in [-0.2, -0.15) is 8.78 Å². The fraction of sp³-hybridized carbons (Fsp3) is 0.556.